The van der Waals surface area contributed by atoms with Gasteiger partial charge >= 0.3 is 0 Å². The van der Waals surface area contributed by atoms with E-state index >= 15 is 0 Å². The average Bonchev–Trinajstić information content (AvgIpc) is 3.10. The third kappa shape index (κ3) is 4.48. The summed E-state index contributed by atoms with van der Waals surface area (Å²) in [5.41, 5.74) is 2.96. The molecule has 0 fully saturated rings. The van der Waals surface area contributed by atoms with Gasteiger partial charge in [-0.1, -0.05) is 6.07 Å². The first-order chi connectivity index (χ1) is 13.0. The average molecular weight is 371 g/mol. The SMILES string of the molecule is COc1cc(C)ccc1OC(C)C(=O)NCCn1nc2c(cc1=O)CCC2. The lowest BCUT2D eigenvalue weighted by Crippen LogP contribution is -2.39. The fourth-order valence-corrected chi connectivity index (χ4v) is 3.14. The zero-order valence-corrected chi connectivity index (χ0v) is 15.9. The van der Waals surface area contributed by atoms with Crippen LogP contribution in [0.5, 0.6) is 11.5 Å². The van der Waals surface area contributed by atoms with Crippen LogP contribution < -0.4 is 20.3 Å². The minimum Gasteiger partial charge on any atom is -0.493 e. The fourth-order valence-electron chi connectivity index (χ4n) is 3.14. The molecule has 144 valence electrons. The first-order valence-corrected chi connectivity index (χ1v) is 9.17. The number of rotatable bonds is 7. The number of carbonyl (C=O) groups is 1. The van der Waals surface area contributed by atoms with Gasteiger partial charge < -0.3 is 14.8 Å². The molecular formula is C20H25N3O4. The van der Waals surface area contributed by atoms with Gasteiger partial charge in [0, 0.05) is 12.6 Å². The molecule has 27 heavy (non-hydrogen) atoms. The van der Waals surface area contributed by atoms with Crippen molar-refractivity contribution >= 4 is 5.91 Å². The second kappa shape index (κ2) is 8.24. The van der Waals surface area contributed by atoms with E-state index < -0.39 is 6.10 Å². The molecule has 1 aromatic carbocycles. The highest BCUT2D eigenvalue weighted by Gasteiger charge is 2.18. The summed E-state index contributed by atoms with van der Waals surface area (Å²) in [6, 6.07) is 7.19. The number of amides is 1. The smallest absolute Gasteiger partial charge is 0.267 e. The van der Waals surface area contributed by atoms with Crippen LogP contribution in [0, 0.1) is 6.92 Å². The topological polar surface area (TPSA) is 82.4 Å². The van der Waals surface area contributed by atoms with Crippen LogP contribution in [0.15, 0.2) is 29.1 Å². The Morgan fingerprint density at radius 2 is 2.11 bits per heavy atom. The molecule has 0 radical (unpaired) electrons. The van der Waals surface area contributed by atoms with Gasteiger partial charge in [0.15, 0.2) is 17.6 Å². The van der Waals surface area contributed by atoms with Crippen molar-refractivity contribution in [2.75, 3.05) is 13.7 Å². The minimum absolute atomic E-state index is 0.126. The van der Waals surface area contributed by atoms with E-state index in [9.17, 15) is 9.59 Å². The van der Waals surface area contributed by atoms with Crippen molar-refractivity contribution in [3.8, 4) is 11.5 Å². The first-order valence-electron chi connectivity index (χ1n) is 9.17. The minimum atomic E-state index is -0.689. The number of nitrogens with zero attached hydrogens (tertiary/aromatic N) is 2. The highest BCUT2D eigenvalue weighted by atomic mass is 16.5. The number of carbonyl (C=O) groups excluding carboxylic acids is 1. The summed E-state index contributed by atoms with van der Waals surface area (Å²) in [5, 5.41) is 7.19. The van der Waals surface area contributed by atoms with Gasteiger partial charge in [0.25, 0.3) is 11.5 Å². The van der Waals surface area contributed by atoms with E-state index in [0.717, 1.165) is 36.1 Å². The van der Waals surface area contributed by atoms with E-state index in [0.29, 0.717) is 24.6 Å². The van der Waals surface area contributed by atoms with E-state index in [1.807, 2.05) is 19.1 Å². The number of methoxy groups -OCH3 is 1. The number of aryl methyl sites for hydroxylation is 3. The van der Waals surface area contributed by atoms with Crippen molar-refractivity contribution in [1.29, 1.82) is 0 Å². The van der Waals surface area contributed by atoms with Gasteiger partial charge in [-0.3, -0.25) is 9.59 Å². The highest BCUT2D eigenvalue weighted by molar-refractivity contribution is 5.80. The maximum absolute atomic E-state index is 12.3. The Bertz CT molecular complexity index is 891. The fraction of sp³-hybridized carbons (Fsp3) is 0.450. The molecule has 1 amide bonds. The van der Waals surface area contributed by atoms with E-state index in [1.165, 1.54) is 4.68 Å². The lowest BCUT2D eigenvalue weighted by Gasteiger charge is -2.17. The quantitative estimate of drug-likeness (QED) is 0.800. The molecule has 1 aliphatic carbocycles. The number of aromatic nitrogens is 2. The van der Waals surface area contributed by atoms with E-state index in [4.69, 9.17) is 9.47 Å². The summed E-state index contributed by atoms with van der Waals surface area (Å²) in [7, 11) is 1.56. The van der Waals surface area contributed by atoms with Gasteiger partial charge in [0.05, 0.1) is 19.3 Å². The monoisotopic (exact) mass is 371 g/mol. The third-order valence-corrected chi connectivity index (χ3v) is 4.64. The van der Waals surface area contributed by atoms with Crippen LogP contribution in [0.2, 0.25) is 0 Å². The number of hydrogen-bond acceptors (Lipinski definition) is 5. The first kappa shape index (κ1) is 18.9. The molecule has 0 saturated heterocycles. The Morgan fingerprint density at radius 1 is 1.30 bits per heavy atom. The van der Waals surface area contributed by atoms with Crippen molar-refractivity contribution in [2.45, 2.75) is 45.8 Å². The Kier molecular flexibility index (Phi) is 5.78. The van der Waals surface area contributed by atoms with Crippen molar-refractivity contribution < 1.29 is 14.3 Å². The molecule has 7 heteroatoms. The lowest BCUT2D eigenvalue weighted by molar-refractivity contribution is -0.127. The predicted molar refractivity (Wildman–Crippen MR) is 101 cm³/mol. The zero-order chi connectivity index (χ0) is 19.4. The Labute approximate surface area is 158 Å². The van der Waals surface area contributed by atoms with Crippen LogP contribution in [0.25, 0.3) is 0 Å². The number of ether oxygens (including phenoxy) is 2. The molecular weight excluding hydrogens is 346 g/mol. The van der Waals surface area contributed by atoms with Gasteiger partial charge in [-0.2, -0.15) is 5.10 Å². The second-order valence-corrected chi connectivity index (χ2v) is 6.74. The molecule has 7 nitrogen and oxygen atoms in total. The molecule has 0 bridgehead atoms. The maximum Gasteiger partial charge on any atom is 0.267 e. The summed E-state index contributed by atoms with van der Waals surface area (Å²) in [4.78, 5) is 24.4. The Hall–Kier alpha value is -2.83. The summed E-state index contributed by atoms with van der Waals surface area (Å²) in [6.07, 6.45) is 2.18. The molecule has 1 N–H and O–H groups in total. The predicted octanol–water partition coefficient (Wildman–Crippen LogP) is 1.63. The third-order valence-electron chi connectivity index (χ3n) is 4.64. The Morgan fingerprint density at radius 3 is 2.89 bits per heavy atom. The van der Waals surface area contributed by atoms with Crippen LogP contribution >= 0.6 is 0 Å². The van der Waals surface area contributed by atoms with Crippen LogP contribution in [-0.4, -0.2) is 35.4 Å². The molecule has 1 aliphatic rings. The van der Waals surface area contributed by atoms with Gasteiger partial charge in [0.1, 0.15) is 0 Å². The van der Waals surface area contributed by atoms with Gasteiger partial charge in [-0.05, 0) is 56.4 Å². The van der Waals surface area contributed by atoms with Gasteiger partial charge in [-0.25, -0.2) is 4.68 Å². The van der Waals surface area contributed by atoms with Crippen molar-refractivity contribution in [1.82, 2.24) is 15.1 Å². The number of nitrogens with one attached hydrogen (secondary N) is 1. The summed E-state index contributed by atoms with van der Waals surface area (Å²) in [5.74, 6) is 0.845. The molecule has 1 unspecified atom stereocenters. The summed E-state index contributed by atoms with van der Waals surface area (Å²) >= 11 is 0. The number of hydrogen-bond donors (Lipinski definition) is 1. The maximum atomic E-state index is 12.3. The Balaban J connectivity index is 1.54. The van der Waals surface area contributed by atoms with E-state index in [2.05, 4.69) is 10.4 Å². The molecule has 0 spiro atoms. The molecule has 1 heterocycles. The lowest BCUT2D eigenvalue weighted by atomic mass is 10.2. The molecule has 3 rings (SSSR count). The second-order valence-electron chi connectivity index (χ2n) is 6.74. The number of fused-ring (bicyclic) bond motifs is 1. The van der Waals surface area contributed by atoms with Gasteiger partial charge in [-0.15, -0.1) is 0 Å². The van der Waals surface area contributed by atoms with E-state index in [-0.39, 0.29) is 11.5 Å². The van der Waals surface area contributed by atoms with Crippen molar-refractivity contribution in [2.24, 2.45) is 0 Å². The van der Waals surface area contributed by atoms with Crippen LogP contribution in [0.1, 0.15) is 30.2 Å². The molecule has 0 saturated carbocycles. The summed E-state index contributed by atoms with van der Waals surface area (Å²) in [6.45, 7) is 4.27. The summed E-state index contributed by atoms with van der Waals surface area (Å²) < 4.78 is 12.4. The largest absolute Gasteiger partial charge is 0.493 e. The van der Waals surface area contributed by atoms with Crippen LogP contribution in [-0.2, 0) is 24.2 Å². The molecule has 1 aromatic heterocycles. The number of benzene rings is 1. The van der Waals surface area contributed by atoms with Crippen LogP contribution in [0.3, 0.4) is 0 Å². The van der Waals surface area contributed by atoms with Gasteiger partial charge in [0.2, 0.25) is 0 Å². The van der Waals surface area contributed by atoms with Crippen molar-refractivity contribution in [3.05, 3.63) is 51.4 Å². The highest BCUT2D eigenvalue weighted by Crippen LogP contribution is 2.28. The van der Waals surface area contributed by atoms with Crippen LogP contribution in [0.4, 0.5) is 0 Å². The zero-order valence-electron chi connectivity index (χ0n) is 15.9. The standard InChI is InChI=1S/C20H25N3O4/c1-13-7-8-17(18(11-13)26-3)27-14(2)20(25)21-9-10-23-19(24)12-15-5-4-6-16(15)22-23/h7-8,11-12,14H,4-6,9-10H2,1-3H3,(H,21,25). The van der Waals surface area contributed by atoms with E-state index in [1.54, 1.807) is 26.2 Å². The molecule has 0 aliphatic heterocycles. The molecule has 2 aromatic rings. The van der Waals surface area contributed by atoms with Crippen molar-refractivity contribution in [3.63, 3.8) is 0 Å². The normalized spacial score (nSPS) is 13.7. The molecule has 1 atom stereocenters.